The zero-order valence-electron chi connectivity index (χ0n) is 8.41. The Labute approximate surface area is 93.7 Å². The second-order valence-corrected chi connectivity index (χ2v) is 4.44. The molecule has 1 aromatic rings. The highest BCUT2D eigenvalue weighted by Gasteiger charge is 2.41. The molecule has 0 saturated heterocycles. The number of rotatable bonds is 5. The van der Waals surface area contributed by atoms with E-state index < -0.39 is 0 Å². The lowest BCUT2D eigenvalue weighted by molar-refractivity contribution is 0.253. The molecule has 2 rings (SSSR count). The molecule has 0 aromatic carbocycles. The molecule has 82 valence electrons. The van der Waals surface area contributed by atoms with Crippen molar-refractivity contribution in [3.8, 4) is 0 Å². The number of hydrogen-bond donors (Lipinski definition) is 2. The second kappa shape index (κ2) is 4.33. The number of aromatic nitrogens is 2. The summed E-state index contributed by atoms with van der Waals surface area (Å²) < 4.78 is 0. The Morgan fingerprint density at radius 1 is 1.47 bits per heavy atom. The van der Waals surface area contributed by atoms with E-state index in [1.54, 1.807) is 6.20 Å². The third-order valence-corrected chi connectivity index (χ3v) is 3.03. The van der Waals surface area contributed by atoms with Gasteiger partial charge in [-0.15, -0.1) is 0 Å². The molecule has 5 heteroatoms. The predicted molar refractivity (Wildman–Crippen MR) is 58.9 cm³/mol. The van der Waals surface area contributed by atoms with Crippen LogP contribution in [0.4, 0.5) is 5.82 Å². The molecular formula is C10H14ClN3O. The van der Waals surface area contributed by atoms with Crippen molar-refractivity contribution >= 4 is 17.4 Å². The van der Waals surface area contributed by atoms with Crippen molar-refractivity contribution in [3.63, 3.8) is 0 Å². The molecular weight excluding hydrogens is 214 g/mol. The Kier molecular flexibility index (Phi) is 3.07. The molecule has 0 atom stereocenters. The van der Waals surface area contributed by atoms with Crippen LogP contribution >= 0.6 is 11.6 Å². The number of hydrogen-bond acceptors (Lipinski definition) is 4. The summed E-state index contributed by atoms with van der Waals surface area (Å²) in [5, 5.41) is 12.5. The van der Waals surface area contributed by atoms with Gasteiger partial charge in [-0.05, 0) is 24.7 Å². The van der Waals surface area contributed by atoms with Crippen LogP contribution in [0.25, 0.3) is 0 Å². The fourth-order valence-electron chi connectivity index (χ4n) is 1.63. The lowest BCUT2D eigenvalue weighted by atomic mass is 10.0. The minimum absolute atomic E-state index is 0.253. The fourth-order valence-corrected chi connectivity index (χ4v) is 1.78. The highest BCUT2D eigenvalue weighted by Crippen LogP contribution is 2.48. The quantitative estimate of drug-likeness (QED) is 0.804. The van der Waals surface area contributed by atoms with Gasteiger partial charge in [0, 0.05) is 13.2 Å². The predicted octanol–water partition coefficient (Wildman–Crippen LogP) is 1.70. The van der Waals surface area contributed by atoms with Gasteiger partial charge in [0.15, 0.2) is 0 Å². The van der Waals surface area contributed by atoms with E-state index in [2.05, 4.69) is 15.3 Å². The average molecular weight is 228 g/mol. The van der Waals surface area contributed by atoms with Gasteiger partial charge < -0.3 is 10.4 Å². The van der Waals surface area contributed by atoms with Crippen molar-refractivity contribution in [2.45, 2.75) is 19.3 Å². The Hall–Kier alpha value is -0.870. The summed E-state index contributed by atoms with van der Waals surface area (Å²) in [6, 6.07) is 0. The van der Waals surface area contributed by atoms with Crippen LogP contribution in [0.2, 0.25) is 5.15 Å². The number of aliphatic hydroxyl groups is 1. The molecule has 1 saturated carbocycles. The molecule has 1 fully saturated rings. The molecule has 0 amide bonds. The number of halogens is 1. The zero-order valence-corrected chi connectivity index (χ0v) is 9.17. The van der Waals surface area contributed by atoms with Crippen LogP contribution in [0.5, 0.6) is 0 Å². The molecule has 0 spiro atoms. The number of nitrogens with one attached hydrogen (secondary N) is 1. The van der Waals surface area contributed by atoms with E-state index in [4.69, 9.17) is 16.7 Å². The molecule has 1 heterocycles. The zero-order chi connectivity index (χ0) is 10.7. The van der Waals surface area contributed by atoms with Gasteiger partial charge in [-0.2, -0.15) is 0 Å². The molecule has 15 heavy (non-hydrogen) atoms. The minimum atomic E-state index is 0.253. The van der Waals surface area contributed by atoms with E-state index in [1.165, 1.54) is 19.0 Å². The Morgan fingerprint density at radius 3 is 2.87 bits per heavy atom. The van der Waals surface area contributed by atoms with Gasteiger partial charge in [0.25, 0.3) is 0 Å². The molecule has 0 radical (unpaired) electrons. The van der Waals surface area contributed by atoms with E-state index >= 15 is 0 Å². The molecule has 0 unspecified atom stereocenters. The largest absolute Gasteiger partial charge is 0.396 e. The van der Waals surface area contributed by atoms with E-state index in [-0.39, 0.29) is 12.0 Å². The monoisotopic (exact) mass is 227 g/mol. The third kappa shape index (κ3) is 2.79. The summed E-state index contributed by atoms with van der Waals surface area (Å²) in [4.78, 5) is 8.04. The van der Waals surface area contributed by atoms with Crippen LogP contribution < -0.4 is 5.32 Å². The van der Waals surface area contributed by atoms with Crippen molar-refractivity contribution in [1.82, 2.24) is 9.97 Å². The van der Waals surface area contributed by atoms with Crippen molar-refractivity contribution in [2.24, 2.45) is 5.41 Å². The smallest absolute Gasteiger partial charge is 0.149 e. The van der Waals surface area contributed by atoms with Crippen LogP contribution in [-0.2, 0) is 0 Å². The van der Waals surface area contributed by atoms with Crippen molar-refractivity contribution in [1.29, 1.82) is 0 Å². The van der Waals surface area contributed by atoms with Crippen LogP contribution in [-0.4, -0.2) is 28.2 Å². The Bertz CT molecular complexity index is 341. The summed E-state index contributed by atoms with van der Waals surface area (Å²) in [6.07, 6.45) is 6.37. The normalized spacial score (nSPS) is 17.5. The summed E-state index contributed by atoms with van der Waals surface area (Å²) in [6.45, 7) is 1.09. The minimum Gasteiger partial charge on any atom is -0.396 e. The summed E-state index contributed by atoms with van der Waals surface area (Å²) in [5.74, 6) is 0.701. The number of aliphatic hydroxyl groups excluding tert-OH is 1. The van der Waals surface area contributed by atoms with E-state index in [1.807, 2.05) is 0 Å². The highest BCUT2D eigenvalue weighted by atomic mass is 35.5. The van der Waals surface area contributed by atoms with Gasteiger partial charge in [0.1, 0.15) is 11.0 Å². The standard InChI is InChI=1S/C10H14ClN3O/c11-8-5-12-6-9(14-8)13-7-10(1-2-10)3-4-15/h5-6,15H,1-4,7H2,(H,13,14). The number of anilines is 1. The summed E-state index contributed by atoms with van der Waals surface area (Å²) >= 11 is 5.72. The molecule has 0 bridgehead atoms. The molecule has 1 aliphatic rings. The molecule has 1 aliphatic carbocycles. The molecule has 4 nitrogen and oxygen atoms in total. The Balaban J connectivity index is 1.88. The summed E-state index contributed by atoms with van der Waals surface area (Å²) in [7, 11) is 0. The van der Waals surface area contributed by atoms with Crippen molar-refractivity contribution in [3.05, 3.63) is 17.5 Å². The molecule has 1 aromatic heterocycles. The fraction of sp³-hybridized carbons (Fsp3) is 0.600. The van der Waals surface area contributed by atoms with Crippen molar-refractivity contribution in [2.75, 3.05) is 18.5 Å². The topological polar surface area (TPSA) is 58.0 Å². The summed E-state index contributed by atoms with van der Waals surface area (Å²) in [5.41, 5.74) is 0.277. The first-order valence-corrected chi connectivity index (χ1v) is 5.44. The average Bonchev–Trinajstić information content (AvgIpc) is 2.97. The van der Waals surface area contributed by atoms with Gasteiger partial charge in [0.05, 0.1) is 12.4 Å². The van der Waals surface area contributed by atoms with Crippen LogP contribution in [0.1, 0.15) is 19.3 Å². The van der Waals surface area contributed by atoms with Crippen molar-refractivity contribution < 1.29 is 5.11 Å². The van der Waals surface area contributed by atoms with E-state index in [0.29, 0.717) is 11.0 Å². The first-order valence-electron chi connectivity index (χ1n) is 5.06. The first-order chi connectivity index (χ1) is 7.24. The highest BCUT2D eigenvalue weighted by molar-refractivity contribution is 6.29. The lowest BCUT2D eigenvalue weighted by Crippen LogP contribution is -2.17. The SMILES string of the molecule is OCCC1(CNc2cncc(Cl)n2)CC1. The van der Waals surface area contributed by atoms with Crippen LogP contribution in [0, 0.1) is 5.41 Å². The lowest BCUT2D eigenvalue weighted by Gasteiger charge is -2.14. The maximum atomic E-state index is 8.91. The van der Waals surface area contributed by atoms with E-state index in [9.17, 15) is 0 Å². The van der Waals surface area contributed by atoms with Gasteiger partial charge in [-0.1, -0.05) is 11.6 Å². The molecule has 0 aliphatic heterocycles. The Morgan fingerprint density at radius 2 is 2.27 bits per heavy atom. The van der Waals surface area contributed by atoms with Gasteiger partial charge in [-0.25, -0.2) is 4.98 Å². The molecule has 2 N–H and O–H groups in total. The maximum absolute atomic E-state index is 8.91. The number of nitrogens with zero attached hydrogens (tertiary/aromatic N) is 2. The van der Waals surface area contributed by atoms with E-state index in [0.717, 1.165) is 13.0 Å². The first kappa shape index (κ1) is 10.6. The second-order valence-electron chi connectivity index (χ2n) is 4.05. The maximum Gasteiger partial charge on any atom is 0.149 e. The van der Waals surface area contributed by atoms with Crippen LogP contribution in [0.3, 0.4) is 0 Å². The van der Waals surface area contributed by atoms with Gasteiger partial charge >= 0.3 is 0 Å². The van der Waals surface area contributed by atoms with Crippen LogP contribution in [0.15, 0.2) is 12.4 Å². The van der Waals surface area contributed by atoms with Gasteiger partial charge in [0.2, 0.25) is 0 Å². The third-order valence-electron chi connectivity index (χ3n) is 2.85. The van der Waals surface area contributed by atoms with Gasteiger partial charge in [-0.3, -0.25) is 4.98 Å².